The van der Waals surface area contributed by atoms with Crippen LogP contribution in [0.5, 0.6) is 0 Å². The number of nitrogens with one attached hydrogen (secondary N) is 1. The Morgan fingerprint density at radius 2 is 2.00 bits per heavy atom. The Morgan fingerprint density at radius 3 is 2.42 bits per heavy atom. The average Bonchev–Trinajstić information content (AvgIpc) is 2.67. The minimum atomic E-state index is 0.889. The van der Waals surface area contributed by atoms with Crippen LogP contribution >= 0.6 is 0 Å². The molecule has 0 aromatic rings. The summed E-state index contributed by atoms with van der Waals surface area (Å²) in [5.41, 5.74) is 0. The largest absolute Gasteiger partial charge is 0.311 e. The third kappa shape index (κ3) is 1.28. The van der Waals surface area contributed by atoms with Crippen LogP contribution in [0, 0.1) is 11.8 Å². The van der Waals surface area contributed by atoms with E-state index >= 15 is 0 Å². The minimum absolute atomic E-state index is 0.889. The SMILES string of the molecule is CCC(CC)C1CC2CCC1N2. The summed E-state index contributed by atoms with van der Waals surface area (Å²) in [6.45, 7) is 4.69. The highest BCUT2D eigenvalue weighted by atomic mass is 15.0. The molecular formula is C11H21N. The predicted molar refractivity (Wildman–Crippen MR) is 52.1 cm³/mol. The van der Waals surface area contributed by atoms with Crippen molar-refractivity contribution in [2.24, 2.45) is 11.8 Å². The monoisotopic (exact) mass is 167 g/mol. The summed E-state index contributed by atoms with van der Waals surface area (Å²) in [6.07, 6.45) is 7.13. The van der Waals surface area contributed by atoms with Gasteiger partial charge in [-0.15, -0.1) is 0 Å². The van der Waals surface area contributed by atoms with E-state index in [4.69, 9.17) is 0 Å². The zero-order valence-electron chi connectivity index (χ0n) is 8.34. The standard InChI is InChI=1S/C11H21N/c1-3-8(4-2)10-7-9-5-6-11(10)12-9/h8-12H,3-7H2,1-2H3. The number of hydrogen-bond donors (Lipinski definition) is 1. The summed E-state index contributed by atoms with van der Waals surface area (Å²) < 4.78 is 0. The van der Waals surface area contributed by atoms with E-state index in [0.29, 0.717) is 0 Å². The molecule has 70 valence electrons. The molecule has 1 N–H and O–H groups in total. The smallest absolute Gasteiger partial charge is 0.0102 e. The van der Waals surface area contributed by atoms with Crippen molar-refractivity contribution in [3.63, 3.8) is 0 Å². The second-order valence-electron chi connectivity index (χ2n) is 4.52. The molecule has 2 bridgehead atoms. The first-order chi connectivity index (χ1) is 5.85. The highest BCUT2D eigenvalue weighted by molar-refractivity contribution is 4.99. The van der Waals surface area contributed by atoms with Gasteiger partial charge in [0, 0.05) is 12.1 Å². The fourth-order valence-electron chi connectivity index (χ4n) is 3.28. The van der Waals surface area contributed by atoms with Gasteiger partial charge in [0.2, 0.25) is 0 Å². The lowest BCUT2D eigenvalue weighted by Gasteiger charge is -2.27. The van der Waals surface area contributed by atoms with Crippen molar-refractivity contribution >= 4 is 0 Å². The lowest BCUT2D eigenvalue weighted by molar-refractivity contribution is 0.260. The van der Waals surface area contributed by atoms with E-state index in [-0.39, 0.29) is 0 Å². The van der Waals surface area contributed by atoms with Crippen molar-refractivity contribution in [3.05, 3.63) is 0 Å². The van der Waals surface area contributed by atoms with Crippen molar-refractivity contribution < 1.29 is 0 Å². The maximum atomic E-state index is 3.73. The number of hydrogen-bond acceptors (Lipinski definition) is 1. The molecule has 1 heteroatoms. The van der Waals surface area contributed by atoms with Crippen LogP contribution in [0.25, 0.3) is 0 Å². The van der Waals surface area contributed by atoms with Crippen LogP contribution in [-0.4, -0.2) is 12.1 Å². The fraction of sp³-hybridized carbons (Fsp3) is 1.00. The van der Waals surface area contributed by atoms with Gasteiger partial charge in [0.15, 0.2) is 0 Å². The molecule has 3 atom stereocenters. The Balaban J connectivity index is 1.96. The fourth-order valence-corrected chi connectivity index (χ4v) is 3.28. The minimum Gasteiger partial charge on any atom is -0.311 e. The van der Waals surface area contributed by atoms with Crippen molar-refractivity contribution in [2.45, 2.75) is 58.0 Å². The van der Waals surface area contributed by atoms with Crippen molar-refractivity contribution in [2.75, 3.05) is 0 Å². The summed E-state index contributed by atoms with van der Waals surface area (Å²) >= 11 is 0. The molecule has 0 amide bonds. The normalized spacial score (nSPS) is 39.8. The Bertz CT molecular complexity index is 151. The second kappa shape index (κ2) is 3.37. The molecule has 3 unspecified atom stereocenters. The zero-order chi connectivity index (χ0) is 8.55. The van der Waals surface area contributed by atoms with Crippen LogP contribution in [0.2, 0.25) is 0 Å². The maximum absolute atomic E-state index is 3.73. The average molecular weight is 167 g/mol. The molecule has 2 fully saturated rings. The van der Waals surface area contributed by atoms with Gasteiger partial charge in [-0.05, 0) is 31.1 Å². The van der Waals surface area contributed by atoms with Crippen LogP contribution in [-0.2, 0) is 0 Å². The Morgan fingerprint density at radius 1 is 1.25 bits per heavy atom. The summed E-state index contributed by atoms with van der Waals surface area (Å²) in [6, 6.07) is 1.78. The van der Waals surface area contributed by atoms with Gasteiger partial charge < -0.3 is 5.32 Å². The van der Waals surface area contributed by atoms with Crippen molar-refractivity contribution in [1.82, 2.24) is 5.32 Å². The van der Waals surface area contributed by atoms with E-state index < -0.39 is 0 Å². The Kier molecular flexibility index (Phi) is 2.40. The molecule has 0 spiro atoms. The molecule has 2 aliphatic heterocycles. The molecular weight excluding hydrogens is 146 g/mol. The lowest BCUT2D eigenvalue weighted by Crippen LogP contribution is -2.27. The number of rotatable bonds is 3. The van der Waals surface area contributed by atoms with Gasteiger partial charge in [-0.1, -0.05) is 26.7 Å². The summed E-state index contributed by atoms with van der Waals surface area (Å²) in [7, 11) is 0. The van der Waals surface area contributed by atoms with E-state index in [0.717, 1.165) is 23.9 Å². The Hall–Kier alpha value is -0.0400. The molecule has 12 heavy (non-hydrogen) atoms. The van der Waals surface area contributed by atoms with E-state index in [1.807, 2.05) is 0 Å². The highest BCUT2D eigenvalue weighted by Crippen LogP contribution is 2.39. The Labute approximate surface area is 75.9 Å². The van der Waals surface area contributed by atoms with E-state index in [2.05, 4.69) is 19.2 Å². The molecule has 0 radical (unpaired) electrons. The molecule has 0 saturated carbocycles. The molecule has 0 aromatic carbocycles. The van der Waals surface area contributed by atoms with Crippen molar-refractivity contribution in [1.29, 1.82) is 0 Å². The van der Waals surface area contributed by atoms with Crippen LogP contribution < -0.4 is 5.32 Å². The third-order valence-electron chi connectivity index (χ3n) is 4.00. The molecule has 1 nitrogen and oxygen atoms in total. The van der Waals surface area contributed by atoms with Gasteiger partial charge >= 0.3 is 0 Å². The van der Waals surface area contributed by atoms with Gasteiger partial charge in [0.1, 0.15) is 0 Å². The predicted octanol–water partition coefficient (Wildman–Crippen LogP) is 2.56. The van der Waals surface area contributed by atoms with Gasteiger partial charge in [-0.3, -0.25) is 0 Å². The molecule has 2 rings (SSSR count). The molecule has 0 aliphatic carbocycles. The van der Waals surface area contributed by atoms with Gasteiger partial charge in [-0.2, -0.15) is 0 Å². The summed E-state index contributed by atoms with van der Waals surface area (Å²) in [5, 5.41) is 3.73. The lowest BCUT2D eigenvalue weighted by atomic mass is 9.77. The van der Waals surface area contributed by atoms with Gasteiger partial charge in [-0.25, -0.2) is 0 Å². The van der Waals surface area contributed by atoms with Crippen molar-refractivity contribution in [3.8, 4) is 0 Å². The van der Waals surface area contributed by atoms with E-state index in [9.17, 15) is 0 Å². The van der Waals surface area contributed by atoms with E-state index in [1.165, 1.54) is 32.1 Å². The quantitative estimate of drug-likeness (QED) is 0.681. The van der Waals surface area contributed by atoms with Crippen LogP contribution in [0.3, 0.4) is 0 Å². The third-order valence-corrected chi connectivity index (χ3v) is 4.00. The molecule has 2 heterocycles. The molecule has 2 aliphatic rings. The number of fused-ring (bicyclic) bond motifs is 2. The van der Waals surface area contributed by atoms with Gasteiger partial charge in [0.25, 0.3) is 0 Å². The topological polar surface area (TPSA) is 12.0 Å². The van der Waals surface area contributed by atoms with Crippen LogP contribution in [0.4, 0.5) is 0 Å². The first-order valence-corrected chi connectivity index (χ1v) is 5.61. The summed E-state index contributed by atoms with van der Waals surface area (Å²) in [5.74, 6) is 2.01. The van der Waals surface area contributed by atoms with Crippen LogP contribution in [0.1, 0.15) is 46.0 Å². The zero-order valence-corrected chi connectivity index (χ0v) is 8.34. The molecule has 0 aromatic heterocycles. The van der Waals surface area contributed by atoms with Gasteiger partial charge in [0.05, 0.1) is 0 Å². The second-order valence-corrected chi connectivity index (χ2v) is 4.52. The highest BCUT2D eigenvalue weighted by Gasteiger charge is 2.41. The first-order valence-electron chi connectivity index (χ1n) is 5.61. The van der Waals surface area contributed by atoms with Crippen LogP contribution in [0.15, 0.2) is 0 Å². The first kappa shape index (κ1) is 8.55. The maximum Gasteiger partial charge on any atom is 0.0102 e. The molecule has 2 saturated heterocycles. The summed E-state index contributed by atoms with van der Waals surface area (Å²) in [4.78, 5) is 0. The van der Waals surface area contributed by atoms with E-state index in [1.54, 1.807) is 0 Å².